The predicted octanol–water partition coefficient (Wildman–Crippen LogP) is 5.19. The summed E-state index contributed by atoms with van der Waals surface area (Å²) in [4.78, 5) is 21.6. The van der Waals surface area contributed by atoms with Gasteiger partial charge in [0.1, 0.15) is 0 Å². The predicted molar refractivity (Wildman–Crippen MR) is 98.4 cm³/mol. The van der Waals surface area contributed by atoms with Crippen LogP contribution < -0.4 is 0 Å². The molecule has 0 amide bonds. The van der Waals surface area contributed by atoms with Crippen molar-refractivity contribution in [3.8, 4) is 0 Å². The second-order valence-corrected chi connectivity index (χ2v) is 9.50. The van der Waals surface area contributed by atoms with Crippen molar-refractivity contribution >= 4 is 65.0 Å². The van der Waals surface area contributed by atoms with Crippen LogP contribution in [0.25, 0.3) is 0 Å². The maximum Gasteiger partial charge on any atom is 0.311 e. The summed E-state index contributed by atoms with van der Waals surface area (Å²) in [5.74, 6) is 0.543. The first-order chi connectivity index (χ1) is 10.4. The van der Waals surface area contributed by atoms with Crippen LogP contribution in [-0.4, -0.2) is 27.9 Å². The Morgan fingerprint density at radius 1 is 1.35 bits per heavy atom. The summed E-state index contributed by atoms with van der Waals surface area (Å²) in [5, 5.41) is -0.280. The van der Waals surface area contributed by atoms with Crippen LogP contribution in [0.15, 0.2) is 0 Å². The number of ether oxygens (including phenoxy) is 1. The van der Waals surface area contributed by atoms with E-state index in [1.54, 1.807) is 0 Å². The molecule has 9 heteroatoms. The number of alkyl halides is 1. The van der Waals surface area contributed by atoms with Gasteiger partial charge in [0.2, 0.25) is 14.5 Å². The summed E-state index contributed by atoms with van der Waals surface area (Å²) < 4.78 is 13.9. The SMILES string of the molecule is CC(C)(CCCCl)C(=O)Cl.CC1(C)CCCOC1=O.O=S(Cl)Cl. The van der Waals surface area contributed by atoms with Gasteiger partial charge in [0.25, 0.3) is 0 Å². The third-order valence-corrected chi connectivity index (χ3v) is 3.98. The first-order valence-corrected chi connectivity index (χ1v) is 10.8. The lowest BCUT2D eigenvalue weighted by Gasteiger charge is -2.26. The van der Waals surface area contributed by atoms with Gasteiger partial charge in [-0.3, -0.25) is 9.59 Å². The maximum atomic E-state index is 10.9. The molecule has 0 unspecified atom stereocenters. The third kappa shape index (κ3) is 14.5. The molecule has 4 nitrogen and oxygen atoms in total. The average molecular weight is 430 g/mol. The summed E-state index contributed by atoms with van der Waals surface area (Å²) in [5.41, 5.74) is -0.630. The summed E-state index contributed by atoms with van der Waals surface area (Å²) in [6.07, 6.45) is 3.58. The molecule has 1 rings (SSSR count). The van der Waals surface area contributed by atoms with E-state index >= 15 is 0 Å². The van der Waals surface area contributed by atoms with E-state index in [2.05, 4.69) is 21.4 Å². The number of hydrogen-bond donors (Lipinski definition) is 0. The minimum absolute atomic E-state index is 0.0475. The second kappa shape index (κ2) is 12.8. The van der Waals surface area contributed by atoms with Gasteiger partial charge in [0, 0.05) is 32.7 Å². The van der Waals surface area contributed by atoms with Crippen molar-refractivity contribution in [1.29, 1.82) is 0 Å². The Morgan fingerprint density at radius 3 is 2.09 bits per heavy atom. The second-order valence-electron chi connectivity index (χ2n) is 6.26. The highest BCUT2D eigenvalue weighted by Crippen LogP contribution is 2.27. The lowest BCUT2D eigenvalue weighted by atomic mass is 9.87. The Balaban J connectivity index is 0. The zero-order chi connectivity index (χ0) is 18.7. The van der Waals surface area contributed by atoms with Gasteiger partial charge in [0.15, 0.2) is 0 Å². The lowest BCUT2D eigenvalue weighted by Crippen LogP contribution is -2.31. The molecule has 0 aromatic heterocycles. The number of esters is 1. The van der Waals surface area contributed by atoms with Crippen molar-refractivity contribution in [1.82, 2.24) is 0 Å². The Hall–Kier alpha value is 0.450. The van der Waals surface area contributed by atoms with Gasteiger partial charge < -0.3 is 4.74 Å². The van der Waals surface area contributed by atoms with Crippen molar-refractivity contribution in [2.75, 3.05) is 12.5 Å². The molecule has 1 heterocycles. The van der Waals surface area contributed by atoms with Crippen LogP contribution in [0.3, 0.4) is 0 Å². The van der Waals surface area contributed by atoms with Crippen LogP contribution >= 0.6 is 44.6 Å². The van der Waals surface area contributed by atoms with Crippen LogP contribution in [0.5, 0.6) is 0 Å². The summed E-state index contributed by atoms with van der Waals surface area (Å²) in [6, 6.07) is 0. The normalized spacial score (nSPS) is 16.5. The molecule has 23 heavy (non-hydrogen) atoms. The van der Waals surface area contributed by atoms with Gasteiger partial charge in [-0.25, -0.2) is 4.21 Å². The van der Waals surface area contributed by atoms with E-state index in [0.29, 0.717) is 12.5 Å². The van der Waals surface area contributed by atoms with E-state index in [4.69, 9.17) is 32.1 Å². The molecule has 1 fully saturated rings. The third-order valence-electron chi connectivity index (χ3n) is 3.20. The van der Waals surface area contributed by atoms with E-state index in [9.17, 15) is 9.59 Å². The molecule has 0 N–H and O–H groups in total. The van der Waals surface area contributed by atoms with Crippen LogP contribution in [-0.2, 0) is 23.6 Å². The van der Waals surface area contributed by atoms with E-state index in [-0.39, 0.29) is 16.6 Å². The summed E-state index contributed by atoms with van der Waals surface area (Å²) >= 11 is 10.8. The molecule has 0 radical (unpaired) electrons. The molecule has 1 aliphatic heterocycles. The first-order valence-electron chi connectivity index (χ1n) is 7.04. The van der Waals surface area contributed by atoms with Gasteiger partial charge in [-0.2, -0.15) is 0 Å². The van der Waals surface area contributed by atoms with E-state index in [1.165, 1.54) is 0 Å². The van der Waals surface area contributed by atoms with Crippen molar-refractivity contribution in [3.63, 3.8) is 0 Å². The van der Waals surface area contributed by atoms with Crippen molar-refractivity contribution in [2.24, 2.45) is 10.8 Å². The van der Waals surface area contributed by atoms with Crippen LogP contribution in [0.4, 0.5) is 0 Å². The van der Waals surface area contributed by atoms with Gasteiger partial charge in [-0.15, -0.1) is 11.6 Å². The number of carbonyl (C=O) groups is 2. The molecule has 1 aliphatic rings. The molecule has 0 atom stereocenters. The highest BCUT2D eigenvalue weighted by atomic mass is 36.0. The monoisotopic (exact) mass is 428 g/mol. The first kappa shape index (κ1) is 25.7. The minimum Gasteiger partial charge on any atom is -0.465 e. The van der Waals surface area contributed by atoms with Crippen molar-refractivity contribution < 1.29 is 18.5 Å². The fraction of sp³-hybridized carbons (Fsp3) is 0.857. The molecule has 1 saturated heterocycles. The van der Waals surface area contributed by atoms with Gasteiger partial charge >= 0.3 is 5.97 Å². The summed E-state index contributed by atoms with van der Waals surface area (Å²) in [6.45, 7) is 8.12. The highest BCUT2D eigenvalue weighted by molar-refractivity contribution is 8.26. The highest BCUT2D eigenvalue weighted by Gasteiger charge is 2.31. The molecule has 0 spiro atoms. The number of rotatable bonds is 4. The fourth-order valence-electron chi connectivity index (χ4n) is 1.58. The minimum atomic E-state index is -1.67. The molecule has 0 aromatic rings. The Morgan fingerprint density at radius 2 is 1.83 bits per heavy atom. The molecule has 0 aliphatic carbocycles. The van der Waals surface area contributed by atoms with Crippen molar-refractivity contribution in [3.05, 3.63) is 0 Å². The zero-order valence-electron chi connectivity index (χ0n) is 13.8. The van der Waals surface area contributed by atoms with Gasteiger partial charge in [-0.1, -0.05) is 13.8 Å². The van der Waals surface area contributed by atoms with Crippen molar-refractivity contribution in [2.45, 2.75) is 53.4 Å². The number of carbonyl (C=O) groups excluding carboxylic acids is 2. The van der Waals surface area contributed by atoms with Crippen LogP contribution in [0.1, 0.15) is 53.4 Å². The van der Waals surface area contributed by atoms with Gasteiger partial charge in [-0.05, 0) is 51.1 Å². The standard InChI is InChI=1S/C7H12Cl2O.C7H12O2.Cl2OS/c1-7(2,6(9)10)4-3-5-8;1-7(2)4-3-5-9-6(7)8;1-4(2)3/h3-5H2,1-2H3;3-5H2,1-2H3;. The fourth-order valence-corrected chi connectivity index (χ4v) is 1.81. The Kier molecular flexibility index (Phi) is 14.3. The van der Waals surface area contributed by atoms with Crippen LogP contribution in [0, 0.1) is 10.8 Å². The van der Waals surface area contributed by atoms with E-state index in [1.807, 2.05) is 27.7 Å². The van der Waals surface area contributed by atoms with Gasteiger partial charge in [0.05, 0.1) is 12.0 Å². The average Bonchev–Trinajstić information content (AvgIpc) is 2.40. The number of hydrogen-bond acceptors (Lipinski definition) is 4. The lowest BCUT2D eigenvalue weighted by molar-refractivity contribution is -0.159. The molecule has 138 valence electrons. The zero-order valence-corrected chi connectivity index (χ0v) is 17.6. The maximum absolute atomic E-state index is 10.9. The topological polar surface area (TPSA) is 60.4 Å². The summed E-state index contributed by atoms with van der Waals surface area (Å²) in [7, 11) is 7.36. The molecular formula is C14H24Cl4O4S. The number of cyclic esters (lactones) is 1. The molecular weight excluding hydrogens is 406 g/mol. The quantitative estimate of drug-likeness (QED) is 0.350. The Bertz CT molecular complexity index is 396. The molecule has 0 saturated carbocycles. The van der Waals surface area contributed by atoms with E-state index in [0.717, 1.165) is 25.7 Å². The largest absolute Gasteiger partial charge is 0.465 e. The molecule has 0 aromatic carbocycles. The smallest absolute Gasteiger partial charge is 0.311 e. The Labute approximate surface area is 160 Å². The molecule has 0 bridgehead atoms. The van der Waals surface area contributed by atoms with Crippen LogP contribution in [0.2, 0.25) is 0 Å². The van der Waals surface area contributed by atoms with E-state index < -0.39 is 14.6 Å². The number of halogens is 4.